The molecule has 11 rings (SSSR count). The van der Waals surface area contributed by atoms with Crippen LogP contribution in [-0.4, -0.2) is 15.0 Å². The summed E-state index contributed by atoms with van der Waals surface area (Å²) < 4.78 is 6.20. The molecule has 9 aromatic carbocycles. The van der Waals surface area contributed by atoms with Crippen LogP contribution in [0.1, 0.15) is 0 Å². The maximum Gasteiger partial charge on any atom is 0.164 e. The fraction of sp³-hybridized carbons (Fsp3) is 0. The molecular weight excluding hydrogens is 647 g/mol. The van der Waals surface area contributed by atoms with E-state index in [-0.39, 0.29) is 0 Å². The molecule has 4 heteroatoms. The first kappa shape index (κ1) is 29.5. The van der Waals surface area contributed by atoms with Crippen LogP contribution in [0.15, 0.2) is 180 Å². The Labute approximate surface area is 304 Å². The van der Waals surface area contributed by atoms with Crippen molar-refractivity contribution in [3.8, 4) is 45.3 Å². The van der Waals surface area contributed by atoms with E-state index >= 15 is 0 Å². The van der Waals surface area contributed by atoms with E-state index in [0.29, 0.717) is 17.5 Å². The van der Waals surface area contributed by atoms with Gasteiger partial charge in [-0.05, 0) is 84.5 Å². The summed E-state index contributed by atoms with van der Waals surface area (Å²) in [7, 11) is 0. The summed E-state index contributed by atoms with van der Waals surface area (Å²) in [6.07, 6.45) is 0. The molecule has 0 atom stereocenters. The summed E-state index contributed by atoms with van der Waals surface area (Å²) in [6, 6.07) is 61.7. The molecule has 11 aromatic rings. The van der Waals surface area contributed by atoms with Crippen molar-refractivity contribution in [1.29, 1.82) is 0 Å². The minimum absolute atomic E-state index is 0.624. The van der Waals surface area contributed by atoms with Gasteiger partial charge in [0.2, 0.25) is 0 Å². The topological polar surface area (TPSA) is 51.8 Å². The number of benzene rings is 9. The number of hydrogen-bond donors (Lipinski definition) is 0. The molecule has 0 unspecified atom stereocenters. The molecule has 0 radical (unpaired) electrons. The van der Waals surface area contributed by atoms with Gasteiger partial charge in [-0.2, -0.15) is 0 Å². The highest BCUT2D eigenvalue weighted by molar-refractivity contribution is 6.11. The Morgan fingerprint density at radius 2 is 0.887 bits per heavy atom. The van der Waals surface area contributed by atoms with E-state index in [2.05, 4.69) is 164 Å². The summed E-state index contributed by atoms with van der Waals surface area (Å²) in [5.41, 5.74) is 6.94. The SMILES string of the molecule is c1ccc(-c2cccc3c(-c4nc(-c5ccc6cc7oc8ccccc8c7cc6c5)nc(-c5ccc6c(ccc7ccccc76)c5)n4)cccc23)cc1. The van der Waals surface area contributed by atoms with Gasteiger partial charge >= 0.3 is 0 Å². The molecule has 2 heterocycles. The van der Waals surface area contributed by atoms with E-state index in [0.717, 1.165) is 65.6 Å². The van der Waals surface area contributed by atoms with E-state index in [1.165, 1.54) is 27.3 Å². The number of fused-ring (bicyclic) bond motifs is 8. The molecule has 0 N–H and O–H groups in total. The van der Waals surface area contributed by atoms with E-state index < -0.39 is 0 Å². The molecule has 0 aliphatic carbocycles. The minimum Gasteiger partial charge on any atom is -0.456 e. The molecule has 0 spiro atoms. The molecule has 0 saturated heterocycles. The smallest absolute Gasteiger partial charge is 0.164 e. The van der Waals surface area contributed by atoms with Gasteiger partial charge in [-0.3, -0.25) is 0 Å². The van der Waals surface area contributed by atoms with Crippen molar-refractivity contribution in [2.75, 3.05) is 0 Å². The zero-order valence-electron chi connectivity index (χ0n) is 28.5. The number of hydrogen-bond acceptors (Lipinski definition) is 4. The van der Waals surface area contributed by atoms with Crippen molar-refractivity contribution in [2.24, 2.45) is 0 Å². The van der Waals surface area contributed by atoms with Crippen LogP contribution in [0.5, 0.6) is 0 Å². The highest BCUT2D eigenvalue weighted by Gasteiger charge is 2.17. The molecule has 0 amide bonds. The van der Waals surface area contributed by atoms with Crippen molar-refractivity contribution >= 4 is 65.0 Å². The lowest BCUT2D eigenvalue weighted by molar-refractivity contribution is 0.669. The average molecular weight is 676 g/mol. The predicted molar refractivity (Wildman–Crippen MR) is 219 cm³/mol. The van der Waals surface area contributed by atoms with Crippen molar-refractivity contribution < 1.29 is 4.42 Å². The first-order valence-electron chi connectivity index (χ1n) is 17.8. The third-order valence-electron chi connectivity index (χ3n) is 10.5. The predicted octanol–water partition coefficient (Wildman–Crippen LogP) is 13.1. The van der Waals surface area contributed by atoms with E-state index in [1.807, 2.05) is 12.1 Å². The second kappa shape index (κ2) is 11.7. The summed E-state index contributed by atoms with van der Waals surface area (Å²) in [5, 5.41) is 11.4. The van der Waals surface area contributed by atoms with Gasteiger partial charge in [0.25, 0.3) is 0 Å². The lowest BCUT2D eigenvalue weighted by Crippen LogP contribution is -2.01. The zero-order chi connectivity index (χ0) is 34.9. The van der Waals surface area contributed by atoms with Gasteiger partial charge in [-0.25, -0.2) is 15.0 Å². The maximum atomic E-state index is 6.20. The molecule has 4 nitrogen and oxygen atoms in total. The molecular formula is C49H29N3O. The largest absolute Gasteiger partial charge is 0.456 e. The molecule has 0 aliphatic rings. The third-order valence-corrected chi connectivity index (χ3v) is 10.5. The zero-order valence-corrected chi connectivity index (χ0v) is 28.5. The Morgan fingerprint density at radius 3 is 1.74 bits per heavy atom. The van der Waals surface area contributed by atoms with Gasteiger partial charge < -0.3 is 4.42 Å². The van der Waals surface area contributed by atoms with Crippen molar-refractivity contribution in [3.63, 3.8) is 0 Å². The number of furan rings is 1. The van der Waals surface area contributed by atoms with E-state index in [1.54, 1.807) is 0 Å². The maximum absolute atomic E-state index is 6.20. The highest BCUT2D eigenvalue weighted by Crippen LogP contribution is 2.37. The summed E-state index contributed by atoms with van der Waals surface area (Å²) in [4.78, 5) is 15.6. The molecule has 0 aliphatic heterocycles. The molecule has 0 fully saturated rings. The van der Waals surface area contributed by atoms with Crippen LogP contribution < -0.4 is 0 Å². The van der Waals surface area contributed by atoms with Gasteiger partial charge in [-0.15, -0.1) is 0 Å². The lowest BCUT2D eigenvalue weighted by Gasteiger charge is -2.13. The molecule has 53 heavy (non-hydrogen) atoms. The average Bonchev–Trinajstić information content (AvgIpc) is 3.59. The van der Waals surface area contributed by atoms with Crippen molar-refractivity contribution in [1.82, 2.24) is 15.0 Å². The standard InChI is InChI=1S/C49H29N3O/c1-2-10-30(11-3-1)38-15-8-17-41-40(38)16-9-18-43(41)49-51-47(34-23-21-32-29-46-44(28-36(32)27-34)42-14-6-7-19-45(42)53-46)50-48(52-49)35-24-25-39-33(26-35)22-20-31-12-4-5-13-37(31)39/h1-29H. The minimum atomic E-state index is 0.624. The monoisotopic (exact) mass is 675 g/mol. The van der Waals surface area contributed by atoms with Crippen LogP contribution in [0, 0.1) is 0 Å². The number of nitrogens with zero attached hydrogens (tertiary/aromatic N) is 3. The van der Waals surface area contributed by atoms with Crippen molar-refractivity contribution in [3.05, 3.63) is 176 Å². The number of aromatic nitrogens is 3. The summed E-state index contributed by atoms with van der Waals surface area (Å²) >= 11 is 0. The Morgan fingerprint density at radius 1 is 0.283 bits per heavy atom. The van der Waals surface area contributed by atoms with Crippen LogP contribution in [0.4, 0.5) is 0 Å². The fourth-order valence-electron chi connectivity index (χ4n) is 7.89. The molecule has 0 saturated carbocycles. The molecule has 2 aromatic heterocycles. The lowest BCUT2D eigenvalue weighted by atomic mass is 9.95. The van der Waals surface area contributed by atoms with Crippen LogP contribution in [-0.2, 0) is 0 Å². The van der Waals surface area contributed by atoms with Gasteiger partial charge in [0.1, 0.15) is 11.2 Å². The second-order valence-corrected chi connectivity index (χ2v) is 13.6. The van der Waals surface area contributed by atoms with Gasteiger partial charge in [0, 0.05) is 27.5 Å². The highest BCUT2D eigenvalue weighted by atomic mass is 16.3. The first-order chi connectivity index (χ1) is 26.2. The third kappa shape index (κ3) is 4.88. The van der Waals surface area contributed by atoms with Gasteiger partial charge in [0.05, 0.1) is 0 Å². The molecule has 0 bridgehead atoms. The van der Waals surface area contributed by atoms with Crippen LogP contribution in [0.2, 0.25) is 0 Å². The Bertz CT molecular complexity index is 3240. The van der Waals surface area contributed by atoms with Crippen LogP contribution in [0.3, 0.4) is 0 Å². The summed E-state index contributed by atoms with van der Waals surface area (Å²) in [6.45, 7) is 0. The quantitative estimate of drug-likeness (QED) is 0.174. The second-order valence-electron chi connectivity index (χ2n) is 13.6. The summed E-state index contributed by atoms with van der Waals surface area (Å²) in [5.74, 6) is 1.89. The van der Waals surface area contributed by atoms with Gasteiger partial charge in [0.15, 0.2) is 17.5 Å². The number of rotatable bonds is 4. The van der Waals surface area contributed by atoms with Crippen LogP contribution in [0.25, 0.3) is 110 Å². The Hall–Kier alpha value is -7.17. The van der Waals surface area contributed by atoms with Crippen molar-refractivity contribution in [2.45, 2.75) is 0 Å². The van der Waals surface area contributed by atoms with Crippen LogP contribution >= 0.6 is 0 Å². The van der Waals surface area contributed by atoms with Gasteiger partial charge in [-0.1, -0.05) is 146 Å². The first-order valence-corrected chi connectivity index (χ1v) is 17.8. The molecule has 246 valence electrons. The number of para-hydroxylation sites is 1. The Kier molecular flexibility index (Phi) is 6.52. The normalized spacial score (nSPS) is 11.8. The Balaban J connectivity index is 1.13. The fourth-order valence-corrected chi connectivity index (χ4v) is 7.89. The van der Waals surface area contributed by atoms with E-state index in [9.17, 15) is 0 Å². The van der Waals surface area contributed by atoms with E-state index in [4.69, 9.17) is 19.4 Å².